The molecule has 1 aliphatic rings. The summed E-state index contributed by atoms with van der Waals surface area (Å²) in [5, 5.41) is 20.6. The van der Waals surface area contributed by atoms with E-state index in [0.29, 0.717) is 12.8 Å². The van der Waals surface area contributed by atoms with E-state index in [4.69, 9.17) is 4.74 Å². The van der Waals surface area contributed by atoms with Gasteiger partial charge in [-0.05, 0) is 70.6 Å². The first-order valence-corrected chi connectivity index (χ1v) is 10.8. The van der Waals surface area contributed by atoms with Gasteiger partial charge < -0.3 is 14.9 Å². The Morgan fingerprint density at radius 2 is 1.63 bits per heavy atom. The molecule has 0 saturated heterocycles. The lowest BCUT2D eigenvalue weighted by Crippen LogP contribution is -2.21. The molecule has 0 heterocycles. The summed E-state index contributed by atoms with van der Waals surface area (Å²) in [5.41, 5.74) is 0. The molecule has 0 bridgehead atoms. The number of hydrogen-bond acceptors (Lipinski definition) is 4. The second kappa shape index (κ2) is 14.0. The smallest absolute Gasteiger partial charge is 0.306 e. The van der Waals surface area contributed by atoms with Crippen LogP contribution in [0.1, 0.15) is 85.0 Å². The summed E-state index contributed by atoms with van der Waals surface area (Å²) in [5.74, 6) is 0.160. The standard InChI is InChI=1S/C23H40O4/c1-4-5-6-7-8-11-14-19-20(22(25)17-21(19)24)15-12-9-10-13-16-23(26)27-18(2)3/h7-9,12,18-22,24-25H,4-6,10-11,13-17H2,1-3H3/t19-,20-,21-,22+/m1/s1. The number of aliphatic hydroxyl groups is 2. The predicted molar refractivity (Wildman–Crippen MR) is 110 cm³/mol. The number of allylic oxidation sites excluding steroid dienone is 4. The molecule has 0 amide bonds. The average Bonchev–Trinajstić information content (AvgIpc) is 2.86. The summed E-state index contributed by atoms with van der Waals surface area (Å²) < 4.78 is 5.12. The maximum Gasteiger partial charge on any atom is 0.306 e. The number of hydrogen-bond donors (Lipinski definition) is 2. The molecular weight excluding hydrogens is 340 g/mol. The number of carbonyl (C=O) groups is 1. The number of rotatable bonds is 13. The van der Waals surface area contributed by atoms with Crippen LogP contribution < -0.4 is 0 Å². The van der Waals surface area contributed by atoms with Crippen molar-refractivity contribution in [2.75, 3.05) is 0 Å². The quantitative estimate of drug-likeness (QED) is 0.270. The summed E-state index contributed by atoms with van der Waals surface area (Å²) >= 11 is 0. The average molecular weight is 381 g/mol. The number of esters is 1. The van der Waals surface area contributed by atoms with Gasteiger partial charge in [-0.15, -0.1) is 0 Å². The van der Waals surface area contributed by atoms with Crippen molar-refractivity contribution in [1.29, 1.82) is 0 Å². The Morgan fingerprint density at radius 3 is 2.33 bits per heavy atom. The van der Waals surface area contributed by atoms with E-state index in [1.54, 1.807) is 0 Å². The van der Waals surface area contributed by atoms with E-state index in [-0.39, 0.29) is 23.9 Å². The normalized spacial score (nSPS) is 25.9. The third-order valence-electron chi connectivity index (χ3n) is 5.27. The highest BCUT2D eigenvalue weighted by Gasteiger charge is 2.40. The first kappa shape index (κ1) is 23.9. The number of carbonyl (C=O) groups excluding carboxylic acids is 1. The van der Waals surface area contributed by atoms with Crippen molar-refractivity contribution in [2.45, 2.75) is 103 Å². The van der Waals surface area contributed by atoms with Gasteiger partial charge in [0.05, 0.1) is 18.3 Å². The van der Waals surface area contributed by atoms with Crippen LogP contribution in [0.3, 0.4) is 0 Å². The van der Waals surface area contributed by atoms with E-state index in [9.17, 15) is 15.0 Å². The number of ether oxygens (including phenoxy) is 1. The van der Waals surface area contributed by atoms with Gasteiger partial charge in [-0.1, -0.05) is 44.1 Å². The van der Waals surface area contributed by atoms with Crippen LogP contribution >= 0.6 is 0 Å². The van der Waals surface area contributed by atoms with Gasteiger partial charge in [0.15, 0.2) is 0 Å². The van der Waals surface area contributed by atoms with E-state index < -0.39 is 12.2 Å². The Morgan fingerprint density at radius 1 is 1.00 bits per heavy atom. The van der Waals surface area contributed by atoms with Gasteiger partial charge in [-0.2, -0.15) is 0 Å². The molecule has 0 aromatic carbocycles. The Hall–Kier alpha value is -1.13. The molecule has 4 nitrogen and oxygen atoms in total. The number of aliphatic hydroxyl groups excluding tert-OH is 2. The molecular formula is C23H40O4. The van der Waals surface area contributed by atoms with Crippen LogP contribution in [0.5, 0.6) is 0 Å². The van der Waals surface area contributed by atoms with E-state index in [1.807, 2.05) is 13.8 Å². The highest BCUT2D eigenvalue weighted by molar-refractivity contribution is 5.69. The van der Waals surface area contributed by atoms with E-state index in [2.05, 4.69) is 31.2 Å². The van der Waals surface area contributed by atoms with Crippen LogP contribution in [0.15, 0.2) is 24.3 Å². The molecule has 4 heteroatoms. The van der Waals surface area contributed by atoms with Gasteiger partial charge in [0.1, 0.15) is 0 Å². The summed E-state index contributed by atoms with van der Waals surface area (Å²) in [6.07, 6.45) is 16.6. The first-order chi connectivity index (χ1) is 13.0. The van der Waals surface area contributed by atoms with Crippen molar-refractivity contribution in [2.24, 2.45) is 11.8 Å². The van der Waals surface area contributed by atoms with E-state index in [0.717, 1.165) is 38.5 Å². The molecule has 4 atom stereocenters. The van der Waals surface area contributed by atoms with Crippen LogP contribution in [0.2, 0.25) is 0 Å². The Balaban J connectivity index is 2.31. The van der Waals surface area contributed by atoms with Crippen LogP contribution in [0.4, 0.5) is 0 Å². The van der Waals surface area contributed by atoms with Gasteiger partial charge in [0, 0.05) is 6.42 Å². The molecule has 0 aliphatic heterocycles. The Kier molecular flexibility index (Phi) is 12.4. The molecule has 1 aliphatic carbocycles. The van der Waals surface area contributed by atoms with Gasteiger partial charge in [-0.25, -0.2) is 0 Å². The summed E-state index contributed by atoms with van der Waals surface area (Å²) in [7, 11) is 0. The molecule has 156 valence electrons. The zero-order valence-corrected chi connectivity index (χ0v) is 17.5. The lowest BCUT2D eigenvalue weighted by molar-refractivity contribution is -0.147. The Bertz CT molecular complexity index is 455. The molecule has 1 saturated carbocycles. The van der Waals surface area contributed by atoms with Gasteiger partial charge >= 0.3 is 5.97 Å². The molecule has 1 rings (SSSR count). The highest BCUT2D eigenvalue weighted by Crippen LogP contribution is 2.38. The zero-order valence-electron chi connectivity index (χ0n) is 17.5. The summed E-state index contributed by atoms with van der Waals surface area (Å²) in [6, 6.07) is 0. The molecule has 2 N–H and O–H groups in total. The van der Waals surface area contributed by atoms with Crippen molar-refractivity contribution in [1.82, 2.24) is 0 Å². The topological polar surface area (TPSA) is 66.8 Å². The van der Waals surface area contributed by atoms with Gasteiger partial charge in [-0.3, -0.25) is 4.79 Å². The van der Waals surface area contributed by atoms with Crippen molar-refractivity contribution < 1.29 is 19.7 Å². The minimum atomic E-state index is -0.417. The van der Waals surface area contributed by atoms with Crippen molar-refractivity contribution >= 4 is 5.97 Å². The second-order valence-corrected chi connectivity index (χ2v) is 8.03. The molecule has 0 aromatic heterocycles. The zero-order chi connectivity index (χ0) is 20.1. The third kappa shape index (κ3) is 10.1. The maximum absolute atomic E-state index is 11.5. The highest BCUT2D eigenvalue weighted by atomic mass is 16.5. The monoisotopic (exact) mass is 380 g/mol. The fourth-order valence-electron chi connectivity index (χ4n) is 3.81. The molecule has 0 aromatic rings. The largest absolute Gasteiger partial charge is 0.463 e. The van der Waals surface area contributed by atoms with Crippen LogP contribution in [-0.4, -0.2) is 34.5 Å². The van der Waals surface area contributed by atoms with Crippen LogP contribution in [0, 0.1) is 11.8 Å². The third-order valence-corrected chi connectivity index (χ3v) is 5.27. The SMILES string of the molecule is CCCCC=CCC[C@@H]1[C@@H](CC=CCCCC(=O)OC(C)C)[C@@H](O)C[C@H]1O. The summed E-state index contributed by atoms with van der Waals surface area (Å²) in [4.78, 5) is 11.5. The van der Waals surface area contributed by atoms with Crippen LogP contribution in [0.25, 0.3) is 0 Å². The predicted octanol–water partition coefficient (Wildman–Crippen LogP) is 4.94. The van der Waals surface area contributed by atoms with Gasteiger partial charge in [0.25, 0.3) is 0 Å². The lowest BCUT2D eigenvalue weighted by atomic mass is 9.87. The van der Waals surface area contributed by atoms with Crippen LogP contribution in [-0.2, 0) is 9.53 Å². The number of unbranched alkanes of at least 4 members (excludes halogenated alkanes) is 3. The minimum Gasteiger partial charge on any atom is -0.463 e. The lowest BCUT2D eigenvalue weighted by Gasteiger charge is -2.21. The molecule has 0 radical (unpaired) electrons. The van der Waals surface area contributed by atoms with Crippen molar-refractivity contribution in [3.05, 3.63) is 24.3 Å². The van der Waals surface area contributed by atoms with Gasteiger partial charge in [0.2, 0.25) is 0 Å². The molecule has 0 unspecified atom stereocenters. The Labute approximate surface area is 165 Å². The second-order valence-electron chi connectivity index (χ2n) is 8.03. The first-order valence-electron chi connectivity index (χ1n) is 10.8. The van der Waals surface area contributed by atoms with E-state index >= 15 is 0 Å². The molecule has 27 heavy (non-hydrogen) atoms. The maximum atomic E-state index is 11.5. The summed E-state index contributed by atoms with van der Waals surface area (Å²) in [6.45, 7) is 5.91. The van der Waals surface area contributed by atoms with Crippen molar-refractivity contribution in [3.63, 3.8) is 0 Å². The minimum absolute atomic E-state index is 0.0539. The van der Waals surface area contributed by atoms with Crippen molar-refractivity contribution in [3.8, 4) is 0 Å². The molecule has 1 fully saturated rings. The van der Waals surface area contributed by atoms with E-state index in [1.165, 1.54) is 12.8 Å². The fraction of sp³-hybridized carbons (Fsp3) is 0.783. The fourth-order valence-corrected chi connectivity index (χ4v) is 3.81. The molecule has 0 spiro atoms.